The number of nitrogens with two attached hydrogens (primary N) is 1. The van der Waals surface area contributed by atoms with Gasteiger partial charge in [0.25, 0.3) is 0 Å². The van der Waals surface area contributed by atoms with Gasteiger partial charge in [-0.2, -0.15) is 0 Å². The Bertz CT molecular complexity index is 409. The number of piperidine rings is 1. The van der Waals surface area contributed by atoms with Gasteiger partial charge in [0.1, 0.15) is 5.82 Å². The smallest absolute Gasteiger partial charge is 0.129 e. The molecule has 2 nitrogen and oxygen atoms in total. The van der Waals surface area contributed by atoms with Crippen LogP contribution in [0.15, 0.2) is 18.2 Å². The Morgan fingerprint density at radius 1 is 1.33 bits per heavy atom. The molecule has 1 saturated heterocycles. The van der Waals surface area contributed by atoms with Crippen molar-refractivity contribution in [1.29, 1.82) is 0 Å². The van der Waals surface area contributed by atoms with Crippen LogP contribution in [0.2, 0.25) is 0 Å². The second-order valence-corrected chi connectivity index (χ2v) is 5.63. The summed E-state index contributed by atoms with van der Waals surface area (Å²) in [6.07, 6.45) is 3.59. The molecule has 1 aromatic rings. The van der Waals surface area contributed by atoms with Crippen molar-refractivity contribution in [2.45, 2.75) is 39.7 Å². The Labute approximate surface area is 109 Å². The molecule has 0 atom stereocenters. The third kappa shape index (κ3) is 2.66. The summed E-state index contributed by atoms with van der Waals surface area (Å²) >= 11 is 0. The lowest BCUT2D eigenvalue weighted by Crippen LogP contribution is -2.38. The molecule has 3 heteroatoms. The second kappa shape index (κ2) is 5.27. The molecule has 1 fully saturated rings. The van der Waals surface area contributed by atoms with Crippen molar-refractivity contribution in [3.63, 3.8) is 0 Å². The molecule has 100 valence electrons. The highest BCUT2D eigenvalue weighted by Crippen LogP contribution is 2.35. The first-order chi connectivity index (χ1) is 8.58. The summed E-state index contributed by atoms with van der Waals surface area (Å²) in [7, 11) is 0. The first-order valence-corrected chi connectivity index (χ1v) is 6.81. The number of benzene rings is 1. The number of nitrogens with zero attached hydrogens (tertiary/aromatic N) is 1. The fourth-order valence-corrected chi connectivity index (χ4v) is 2.56. The van der Waals surface area contributed by atoms with Crippen LogP contribution in [0.1, 0.15) is 38.7 Å². The minimum absolute atomic E-state index is 0.182. The van der Waals surface area contributed by atoms with Crippen molar-refractivity contribution in [2.24, 2.45) is 11.1 Å². The summed E-state index contributed by atoms with van der Waals surface area (Å²) in [5, 5.41) is 0. The van der Waals surface area contributed by atoms with Crippen molar-refractivity contribution in [3.8, 4) is 0 Å². The summed E-state index contributed by atoms with van der Waals surface area (Å²) in [6.45, 7) is 6.91. The third-order valence-corrected chi connectivity index (χ3v) is 4.45. The third-order valence-electron chi connectivity index (χ3n) is 4.45. The van der Waals surface area contributed by atoms with E-state index in [0.29, 0.717) is 11.0 Å². The van der Waals surface area contributed by atoms with Gasteiger partial charge in [0.15, 0.2) is 0 Å². The van der Waals surface area contributed by atoms with Gasteiger partial charge in [-0.15, -0.1) is 0 Å². The monoisotopic (exact) mass is 250 g/mol. The molecule has 1 aromatic carbocycles. The van der Waals surface area contributed by atoms with Crippen LogP contribution in [-0.4, -0.2) is 13.1 Å². The van der Waals surface area contributed by atoms with Crippen molar-refractivity contribution in [3.05, 3.63) is 29.6 Å². The van der Waals surface area contributed by atoms with E-state index in [2.05, 4.69) is 18.7 Å². The second-order valence-electron chi connectivity index (χ2n) is 5.63. The molecule has 0 spiro atoms. The van der Waals surface area contributed by atoms with Gasteiger partial charge in [0, 0.05) is 30.9 Å². The summed E-state index contributed by atoms with van der Waals surface area (Å²) in [5.41, 5.74) is 7.52. The van der Waals surface area contributed by atoms with Crippen molar-refractivity contribution < 1.29 is 4.39 Å². The van der Waals surface area contributed by atoms with E-state index in [0.717, 1.165) is 18.8 Å². The maximum atomic E-state index is 13.7. The summed E-state index contributed by atoms with van der Waals surface area (Å²) < 4.78 is 13.7. The number of hydrogen-bond donors (Lipinski definition) is 1. The van der Waals surface area contributed by atoms with E-state index in [9.17, 15) is 4.39 Å². The van der Waals surface area contributed by atoms with Crippen LogP contribution in [0.3, 0.4) is 0 Å². The zero-order chi connectivity index (χ0) is 13.2. The van der Waals surface area contributed by atoms with E-state index < -0.39 is 0 Å². The Kier molecular flexibility index (Phi) is 3.91. The van der Waals surface area contributed by atoms with E-state index in [4.69, 9.17) is 5.73 Å². The van der Waals surface area contributed by atoms with E-state index in [1.165, 1.54) is 19.3 Å². The van der Waals surface area contributed by atoms with Gasteiger partial charge in [-0.3, -0.25) is 0 Å². The molecule has 0 saturated carbocycles. The SMILES string of the molecule is CCC1(C)CCN(c2ccc(CN)c(F)c2)CC1. The molecule has 1 aliphatic heterocycles. The van der Waals surface area contributed by atoms with Gasteiger partial charge in [-0.05, 0) is 30.4 Å². The lowest BCUT2D eigenvalue weighted by atomic mass is 9.78. The summed E-state index contributed by atoms with van der Waals surface area (Å²) in [4.78, 5) is 2.28. The lowest BCUT2D eigenvalue weighted by molar-refractivity contribution is 0.238. The normalized spacial score (nSPS) is 19.0. The van der Waals surface area contributed by atoms with Gasteiger partial charge >= 0.3 is 0 Å². The zero-order valence-electron chi connectivity index (χ0n) is 11.4. The molecule has 2 N–H and O–H groups in total. The first kappa shape index (κ1) is 13.3. The number of halogens is 1. The Balaban J connectivity index is 2.08. The molecule has 0 radical (unpaired) electrons. The molecule has 0 aliphatic carbocycles. The molecule has 18 heavy (non-hydrogen) atoms. The molecule has 0 bridgehead atoms. The van der Waals surface area contributed by atoms with Crippen molar-refractivity contribution in [1.82, 2.24) is 0 Å². The van der Waals surface area contributed by atoms with E-state index in [-0.39, 0.29) is 12.4 Å². The highest BCUT2D eigenvalue weighted by Gasteiger charge is 2.28. The Morgan fingerprint density at radius 3 is 2.50 bits per heavy atom. The number of rotatable bonds is 3. The first-order valence-electron chi connectivity index (χ1n) is 6.81. The molecular formula is C15H23FN2. The number of anilines is 1. The predicted octanol–water partition coefficient (Wildman–Crippen LogP) is 3.30. The van der Waals surface area contributed by atoms with Crippen LogP contribution >= 0.6 is 0 Å². The maximum Gasteiger partial charge on any atom is 0.129 e. The fraction of sp³-hybridized carbons (Fsp3) is 0.600. The molecular weight excluding hydrogens is 227 g/mol. The topological polar surface area (TPSA) is 29.3 Å². The maximum absolute atomic E-state index is 13.7. The largest absolute Gasteiger partial charge is 0.371 e. The van der Waals surface area contributed by atoms with Crippen LogP contribution in [0.5, 0.6) is 0 Å². The average Bonchev–Trinajstić information content (AvgIpc) is 2.39. The van der Waals surface area contributed by atoms with Crippen LogP contribution in [-0.2, 0) is 6.54 Å². The van der Waals surface area contributed by atoms with Crippen molar-refractivity contribution >= 4 is 5.69 Å². The molecule has 2 rings (SSSR count). The summed E-state index contributed by atoms with van der Waals surface area (Å²) in [6, 6.07) is 5.41. The molecule has 0 aromatic heterocycles. The lowest BCUT2D eigenvalue weighted by Gasteiger charge is -2.40. The minimum atomic E-state index is -0.182. The highest BCUT2D eigenvalue weighted by molar-refractivity contribution is 5.48. The van der Waals surface area contributed by atoms with Crippen LogP contribution in [0.25, 0.3) is 0 Å². The van der Waals surface area contributed by atoms with Gasteiger partial charge in [0.05, 0.1) is 0 Å². The van der Waals surface area contributed by atoms with Gasteiger partial charge in [-0.1, -0.05) is 26.3 Å². The van der Waals surface area contributed by atoms with Gasteiger partial charge in [0.2, 0.25) is 0 Å². The van der Waals surface area contributed by atoms with E-state index in [1.54, 1.807) is 12.1 Å². The molecule has 0 amide bonds. The van der Waals surface area contributed by atoms with Crippen LogP contribution < -0.4 is 10.6 Å². The highest BCUT2D eigenvalue weighted by atomic mass is 19.1. The fourth-order valence-electron chi connectivity index (χ4n) is 2.56. The molecule has 1 heterocycles. The average molecular weight is 250 g/mol. The quantitative estimate of drug-likeness (QED) is 0.892. The van der Waals surface area contributed by atoms with Crippen LogP contribution in [0.4, 0.5) is 10.1 Å². The van der Waals surface area contributed by atoms with Crippen molar-refractivity contribution in [2.75, 3.05) is 18.0 Å². The standard InChI is InChI=1S/C15H23FN2/c1-3-15(2)6-8-18(9-7-15)13-5-4-12(11-17)14(16)10-13/h4-5,10H,3,6-9,11,17H2,1-2H3. The zero-order valence-corrected chi connectivity index (χ0v) is 11.4. The minimum Gasteiger partial charge on any atom is -0.371 e. The van der Waals surface area contributed by atoms with Crippen LogP contribution in [0, 0.1) is 11.2 Å². The number of hydrogen-bond acceptors (Lipinski definition) is 2. The Morgan fingerprint density at radius 2 is 2.00 bits per heavy atom. The van der Waals surface area contributed by atoms with Gasteiger partial charge < -0.3 is 10.6 Å². The van der Waals surface area contributed by atoms with Gasteiger partial charge in [-0.25, -0.2) is 4.39 Å². The molecule has 1 aliphatic rings. The summed E-state index contributed by atoms with van der Waals surface area (Å²) in [5.74, 6) is -0.182. The Hall–Kier alpha value is -1.09. The predicted molar refractivity (Wildman–Crippen MR) is 74.1 cm³/mol. The van der Waals surface area contributed by atoms with E-state index in [1.807, 2.05) is 6.07 Å². The van der Waals surface area contributed by atoms with E-state index >= 15 is 0 Å². The molecule has 0 unspecified atom stereocenters.